The third kappa shape index (κ3) is 5.52. The molecule has 0 radical (unpaired) electrons. The minimum Gasteiger partial charge on any atom is -0.480 e. The Labute approximate surface area is 108 Å². The molecule has 0 aliphatic heterocycles. The molecule has 0 unspecified atom stereocenters. The molecule has 3 amide bonds. The Balaban J connectivity index is 2.38. The van der Waals surface area contributed by atoms with Crippen LogP contribution in [0.4, 0.5) is 4.79 Å². The summed E-state index contributed by atoms with van der Waals surface area (Å²) in [4.78, 5) is 32.9. The van der Waals surface area contributed by atoms with Crippen molar-refractivity contribution in [2.45, 2.75) is 25.4 Å². The predicted octanol–water partition coefficient (Wildman–Crippen LogP) is -0.807. The molecule has 0 saturated heterocycles. The van der Waals surface area contributed by atoms with E-state index >= 15 is 0 Å². The SMILES string of the molecule is NC(=O)CC[C@@H](NC(=O)NCc1ccon1)C(=O)O. The number of aromatic nitrogens is 1. The standard InChI is InChI=1S/C10H14N4O5/c11-8(15)2-1-7(9(16)17)13-10(18)12-5-6-3-4-19-14-6/h3-4,7H,1-2,5H2,(H2,11,15)(H,16,17)(H2,12,13,18)/t7-/m1/s1. The molecular formula is C10H14N4O5. The van der Waals surface area contributed by atoms with Gasteiger partial charge in [-0.15, -0.1) is 0 Å². The number of nitrogens with zero attached hydrogens (tertiary/aromatic N) is 1. The van der Waals surface area contributed by atoms with E-state index in [9.17, 15) is 14.4 Å². The monoisotopic (exact) mass is 270 g/mol. The van der Waals surface area contributed by atoms with Gasteiger partial charge in [-0.2, -0.15) is 0 Å². The molecule has 9 heteroatoms. The predicted molar refractivity (Wildman–Crippen MR) is 61.7 cm³/mol. The zero-order chi connectivity index (χ0) is 14.3. The first-order chi connectivity index (χ1) is 8.99. The van der Waals surface area contributed by atoms with Gasteiger partial charge < -0.3 is 26.0 Å². The quantitative estimate of drug-likeness (QED) is 0.509. The number of aliphatic carboxylic acids is 1. The molecule has 1 atom stereocenters. The summed E-state index contributed by atoms with van der Waals surface area (Å²) in [5.41, 5.74) is 5.41. The molecule has 0 fully saturated rings. The van der Waals surface area contributed by atoms with E-state index in [0.29, 0.717) is 5.69 Å². The number of nitrogens with one attached hydrogen (secondary N) is 2. The Morgan fingerprint density at radius 1 is 1.47 bits per heavy atom. The maximum Gasteiger partial charge on any atom is 0.326 e. The van der Waals surface area contributed by atoms with Crippen LogP contribution in [0.3, 0.4) is 0 Å². The van der Waals surface area contributed by atoms with Gasteiger partial charge in [-0.1, -0.05) is 5.16 Å². The van der Waals surface area contributed by atoms with Crippen molar-refractivity contribution < 1.29 is 24.0 Å². The van der Waals surface area contributed by atoms with E-state index in [0.717, 1.165) is 0 Å². The first-order valence-electron chi connectivity index (χ1n) is 5.43. The Kier molecular flexibility index (Phi) is 5.33. The van der Waals surface area contributed by atoms with Crippen molar-refractivity contribution in [3.05, 3.63) is 18.0 Å². The van der Waals surface area contributed by atoms with E-state index in [1.54, 1.807) is 6.07 Å². The molecule has 1 aromatic heterocycles. The first-order valence-corrected chi connectivity index (χ1v) is 5.43. The van der Waals surface area contributed by atoms with Crippen LogP contribution in [0.2, 0.25) is 0 Å². The number of primary amides is 1. The molecular weight excluding hydrogens is 256 g/mol. The van der Waals surface area contributed by atoms with Gasteiger partial charge in [-0.3, -0.25) is 4.79 Å². The average Bonchev–Trinajstić information content (AvgIpc) is 2.84. The van der Waals surface area contributed by atoms with Crippen molar-refractivity contribution in [1.29, 1.82) is 0 Å². The van der Waals surface area contributed by atoms with Crippen LogP contribution >= 0.6 is 0 Å². The van der Waals surface area contributed by atoms with Gasteiger partial charge in [0.1, 0.15) is 18.0 Å². The first kappa shape index (κ1) is 14.5. The van der Waals surface area contributed by atoms with Crippen LogP contribution < -0.4 is 16.4 Å². The number of hydrogen-bond acceptors (Lipinski definition) is 5. The molecule has 5 N–H and O–H groups in total. The number of nitrogens with two attached hydrogens (primary N) is 1. The van der Waals surface area contributed by atoms with Gasteiger partial charge in [0.25, 0.3) is 0 Å². The smallest absolute Gasteiger partial charge is 0.326 e. The number of carboxylic acid groups (broad SMARTS) is 1. The van der Waals surface area contributed by atoms with Crippen molar-refractivity contribution in [3.63, 3.8) is 0 Å². The Bertz CT molecular complexity index is 445. The summed E-state index contributed by atoms with van der Waals surface area (Å²) >= 11 is 0. The van der Waals surface area contributed by atoms with Crippen LogP contribution in [0.15, 0.2) is 16.9 Å². The fourth-order valence-corrected chi connectivity index (χ4v) is 1.25. The lowest BCUT2D eigenvalue weighted by Crippen LogP contribution is -2.46. The molecule has 19 heavy (non-hydrogen) atoms. The Morgan fingerprint density at radius 2 is 2.21 bits per heavy atom. The minimum atomic E-state index is -1.24. The molecule has 0 bridgehead atoms. The second-order valence-corrected chi connectivity index (χ2v) is 3.71. The van der Waals surface area contributed by atoms with Gasteiger partial charge in [0.05, 0.1) is 6.54 Å². The molecule has 0 saturated carbocycles. The zero-order valence-electron chi connectivity index (χ0n) is 9.96. The summed E-state index contributed by atoms with van der Waals surface area (Å²) in [6.45, 7) is 0.102. The van der Waals surface area contributed by atoms with Crippen LogP contribution in [-0.4, -0.2) is 34.2 Å². The van der Waals surface area contributed by atoms with Crippen LogP contribution in [0.25, 0.3) is 0 Å². The number of urea groups is 1. The van der Waals surface area contributed by atoms with Crippen LogP contribution in [0, 0.1) is 0 Å². The summed E-state index contributed by atoms with van der Waals surface area (Å²) in [5.74, 6) is -1.87. The van der Waals surface area contributed by atoms with E-state index in [1.807, 2.05) is 0 Å². The largest absolute Gasteiger partial charge is 0.480 e. The number of carbonyl (C=O) groups excluding carboxylic acids is 2. The highest BCUT2D eigenvalue weighted by Gasteiger charge is 2.20. The Morgan fingerprint density at radius 3 is 2.74 bits per heavy atom. The van der Waals surface area contributed by atoms with Gasteiger partial charge in [0.2, 0.25) is 5.91 Å². The lowest BCUT2D eigenvalue weighted by molar-refractivity contribution is -0.139. The van der Waals surface area contributed by atoms with Gasteiger partial charge in [0, 0.05) is 12.5 Å². The molecule has 1 rings (SSSR count). The number of hydrogen-bond donors (Lipinski definition) is 4. The summed E-state index contributed by atoms with van der Waals surface area (Å²) < 4.78 is 4.56. The van der Waals surface area contributed by atoms with Gasteiger partial charge in [-0.05, 0) is 6.42 Å². The molecule has 104 valence electrons. The second-order valence-electron chi connectivity index (χ2n) is 3.71. The maximum absolute atomic E-state index is 11.4. The van der Waals surface area contributed by atoms with Gasteiger partial charge in [0.15, 0.2) is 0 Å². The number of amides is 3. The van der Waals surface area contributed by atoms with Crippen LogP contribution in [-0.2, 0) is 16.1 Å². The Hall–Kier alpha value is -2.58. The molecule has 0 spiro atoms. The van der Waals surface area contributed by atoms with E-state index in [-0.39, 0.29) is 19.4 Å². The highest BCUT2D eigenvalue weighted by molar-refractivity contribution is 5.83. The molecule has 1 aromatic rings. The third-order valence-corrected chi connectivity index (χ3v) is 2.20. The number of carboxylic acids is 1. The van der Waals surface area contributed by atoms with Gasteiger partial charge >= 0.3 is 12.0 Å². The van der Waals surface area contributed by atoms with E-state index in [2.05, 4.69) is 20.3 Å². The molecule has 0 aliphatic carbocycles. The lowest BCUT2D eigenvalue weighted by atomic mass is 10.1. The topological polar surface area (TPSA) is 148 Å². The van der Waals surface area contributed by atoms with Crippen molar-refractivity contribution in [3.8, 4) is 0 Å². The molecule has 0 aliphatic rings. The fourth-order valence-electron chi connectivity index (χ4n) is 1.25. The summed E-state index contributed by atoms with van der Waals surface area (Å²) in [7, 11) is 0. The zero-order valence-corrected chi connectivity index (χ0v) is 9.96. The summed E-state index contributed by atoms with van der Waals surface area (Å²) in [5, 5.41) is 17.1. The van der Waals surface area contributed by atoms with E-state index < -0.39 is 23.9 Å². The van der Waals surface area contributed by atoms with Crippen molar-refractivity contribution in [2.24, 2.45) is 5.73 Å². The van der Waals surface area contributed by atoms with E-state index in [4.69, 9.17) is 10.8 Å². The molecule has 9 nitrogen and oxygen atoms in total. The highest BCUT2D eigenvalue weighted by atomic mass is 16.5. The number of carbonyl (C=O) groups is 3. The normalized spacial score (nSPS) is 11.6. The van der Waals surface area contributed by atoms with Crippen LogP contribution in [0.1, 0.15) is 18.5 Å². The van der Waals surface area contributed by atoms with E-state index in [1.165, 1.54) is 6.26 Å². The van der Waals surface area contributed by atoms with Crippen molar-refractivity contribution >= 4 is 17.9 Å². The van der Waals surface area contributed by atoms with Crippen molar-refractivity contribution in [1.82, 2.24) is 15.8 Å². The average molecular weight is 270 g/mol. The molecule has 0 aromatic carbocycles. The van der Waals surface area contributed by atoms with Gasteiger partial charge in [-0.25, -0.2) is 9.59 Å². The second kappa shape index (κ2) is 6.99. The van der Waals surface area contributed by atoms with Crippen LogP contribution in [0.5, 0.6) is 0 Å². The third-order valence-electron chi connectivity index (χ3n) is 2.20. The minimum absolute atomic E-state index is 0.0674. The number of rotatable bonds is 7. The highest BCUT2D eigenvalue weighted by Crippen LogP contribution is 1.98. The van der Waals surface area contributed by atoms with Crippen molar-refractivity contribution in [2.75, 3.05) is 0 Å². The summed E-state index contributed by atoms with van der Waals surface area (Å²) in [6, 6.07) is -0.299. The maximum atomic E-state index is 11.4. The molecule has 1 heterocycles. The fraction of sp³-hybridized carbons (Fsp3) is 0.400. The lowest BCUT2D eigenvalue weighted by Gasteiger charge is -2.13. The summed E-state index contributed by atoms with van der Waals surface area (Å²) in [6.07, 6.45) is 1.16.